The third-order valence-electron chi connectivity index (χ3n) is 14.9. The van der Waals surface area contributed by atoms with Crippen molar-refractivity contribution in [2.45, 2.75) is 98.0 Å². The molecular formula is C76H72F6N6O13. The zero-order valence-electron chi connectivity index (χ0n) is 56.5. The van der Waals surface area contributed by atoms with Crippen molar-refractivity contribution in [1.82, 2.24) is 19.9 Å². The summed E-state index contributed by atoms with van der Waals surface area (Å²) >= 11 is 0. The molecule has 0 unspecified atom stereocenters. The Morgan fingerprint density at radius 2 is 0.842 bits per heavy atom. The second-order valence-corrected chi connectivity index (χ2v) is 25.2. The Labute approximate surface area is 578 Å². The van der Waals surface area contributed by atoms with Crippen molar-refractivity contribution < 1.29 is 88.5 Å². The van der Waals surface area contributed by atoms with Gasteiger partial charge in [-0.2, -0.15) is 31.3 Å². The summed E-state index contributed by atoms with van der Waals surface area (Å²) in [7, 11) is 2.50. The van der Waals surface area contributed by atoms with E-state index in [9.17, 15) is 59.9 Å². The average molecular weight is 1390 g/mol. The number of nitrogens with one attached hydrogen (secondary N) is 2. The smallest absolute Gasteiger partial charge is 0.416 e. The predicted molar refractivity (Wildman–Crippen MR) is 363 cm³/mol. The summed E-state index contributed by atoms with van der Waals surface area (Å²) in [5.41, 5.74) is 3.05. The number of carbonyl (C=O) groups is 7. The van der Waals surface area contributed by atoms with Crippen LogP contribution in [-0.4, -0.2) is 105 Å². The van der Waals surface area contributed by atoms with Crippen LogP contribution >= 0.6 is 0 Å². The van der Waals surface area contributed by atoms with Crippen LogP contribution in [0.4, 0.5) is 37.7 Å². The minimum atomic E-state index is -4.69. The van der Waals surface area contributed by atoms with Crippen molar-refractivity contribution in [2.24, 2.45) is 0 Å². The molecule has 0 saturated heterocycles. The molecule has 526 valence electrons. The number of ether oxygens (including phenoxy) is 4. The lowest BCUT2D eigenvalue weighted by Crippen LogP contribution is -2.38. The Morgan fingerprint density at radius 1 is 0.475 bits per heavy atom. The zero-order chi connectivity index (χ0) is 73.6. The Bertz CT molecular complexity index is 4410. The highest BCUT2D eigenvalue weighted by molar-refractivity contribution is 5.99. The van der Waals surface area contributed by atoms with E-state index < -0.39 is 95.6 Å². The Hall–Kier alpha value is -11.6. The molecule has 4 amide bonds. The van der Waals surface area contributed by atoms with Crippen LogP contribution in [0, 0.1) is 6.92 Å². The SMILES string of the molecule is COc1ccc(CC(=O)Nc2ccc(C(=O)N(CC(=O)OC(C)(C)C)Cc3ccc(-c4nc(-c5ccc(-c6ccc(C)cc6)cc5)no4)cc3)cc2)c(C(F)(F)F)c1.COc1ccc(CC(=O)Nc2ccc(C(=O)N(CC(=O)OC(C)(C)C)Cc3ccc(C(=O)O)cc3)cc2)c(C(F)(F)F)c1. The number of alkyl halides is 6. The number of nitrogens with zero attached hydrogens (tertiary/aromatic N) is 4. The largest absolute Gasteiger partial charge is 0.497 e. The van der Waals surface area contributed by atoms with Gasteiger partial charge in [0.25, 0.3) is 17.7 Å². The van der Waals surface area contributed by atoms with E-state index in [-0.39, 0.29) is 70.3 Å². The summed E-state index contributed by atoms with van der Waals surface area (Å²) < 4.78 is 108. The fourth-order valence-corrected chi connectivity index (χ4v) is 10.1. The molecule has 0 fully saturated rings. The second-order valence-electron chi connectivity index (χ2n) is 25.2. The fraction of sp³-hybridized carbons (Fsp3) is 0.250. The third kappa shape index (κ3) is 21.9. The quantitative estimate of drug-likeness (QED) is 0.0422. The van der Waals surface area contributed by atoms with Gasteiger partial charge in [-0.1, -0.05) is 95.6 Å². The van der Waals surface area contributed by atoms with Gasteiger partial charge in [0.1, 0.15) is 35.8 Å². The van der Waals surface area contributed by atoms with E-state index in [2.05, 4.69) is 45.0 Å². The Balaban J connectivity index is 0.000000269. The first kappa shape index (κ1) is 75.1. The van der Waals surface area contributed by atoms with E-state index in [1.54, 1.807) is 65.8 Å². The summed E-state index contributed by atoms with van der Waals surface area (Å²) in [5.74, 6) is -4.02. The number of carboxylic acid groups (broad SMARTS) is 1. The van der Waals surface area contributed by atoms with Gasteiger partial charge in [0.2, 0.25) is 17.6 Å². The average Bonchev–Trinajstić information content (AvgIpc) is 1.34. The second kappa shape index (κ2) is 32.4. The van der Waals surface area contributed by atoms with E-state index in [1.165, 1.54) is 127 Å². The van der Waals surface area contributed by atoms with Crippen molar-refractivity contribution in [1.29, 1.82) is 0 Å². The number of anilines is 2. The van der Waals surface area contributed by atoms with Gasteiger partial charge in [-0.15, -0.1) is 0 Å². The van der Waals surface area contributed by atoms with Crippen molar-refractivity contribution in [2.75, 3.05) is 37.9 Å². The van der Waals surface area contributed by atoms with E-state index in [1.807, 2.05) is 31.2 Å². The molecule has 0 saturated carbocycles. The number of amides is 4. The molecule has 19 nitrogen and oxygen atoms in total. The molecule has 3 N–H and O–H groups in total. The molecular weight excluding hydrogens is 1320 g/mol. The Kier molecular flexibility index (Phi) is 24.1. The maximum atomic E-state index is 13.8. The molecule has 0 atom stereocenters. The van der Waals surface area contributed by atoms with Gasteiger partial charge in [0, 0.05) is 46.7 Å². The number of aromatic carboxylic acids is 1. The number of esters is 2. The van der Waals surface area contributed by atoms with Crippen molar-refractivity contribution >= 4 is 52.9 Å². The van der Waals surface area contributed by atoms with Gasteiger partial charge in [-0.25, -0.2) is 4.79 Å². The van der Waals surface area contributed by atoms with Gasteiger partial charge in [-0.05, 0) is 179 Å². The molecule has 25 heteroatoms. The molecule has 101 heavy (non-hydrogen) atoms. The molecule has 0 spiro atoms. The summed E-state index contributed by atoms with van der Waals surface area (Å²) in [6.07, 6.45) is -10.5. The molecule has 8 aromatic carbocycles. The molecule has 0 aliphatic carbocycles. The number of benzene rings is 8. The Morgan fingerprint density at radius 3 is 1.22 bits per heavy atom. The van der Waals surface area contributed by atoms with Crippen molar-refractivity contribution in [3.05, 3.63) is 238 Å². The van der Waals surface area contributed by atoms with Crippen LogP contribution in [0.2, 0.25) is 0 Å². The highest BCUT2D eigenvalue weighted by Gasteiger charge is 2.36. The summed E-state index contributed by atoms with van der Waals surface area (Å²) in [6, 6.07) is 47.4. The lowest BCUT2D eigenvalue weighted by Gasteiger charge is -2.25. The molecule has 0 aliphatic heterocycles. The highest BCUT2D eigenvalue weighted by Crippen LogP contribution is 2.37. The number of hydrogen-bond donors (Lipinski definition) is 3. The standard InChI is InChI=1S/C45H41F3N4O6.C31H31F3N2O7/c1-28-6-10-30(11-7-28)31-14-16-32(17-15-31)41-50-42(58-51-41)33-12-8-29(9-13-33)26-52(27-40(54)57-44(2,3)4)43(55)34-18-21-36(22-19-34)49-39(53)24-35-20-23-37(56-5)25-38(35)45(46,47)48;1-30(2,3)43-27(38)18-36(17-19-5-7-21(8-6-19)29(40)41)28(39)20-9-12-23(13-10-20)35-26(37)15-22-11-14-24(42-4)16-25(22)31(32,33)34/h6-23,25H,24,26-27H2,1-5H3,(H,49,53);5-14,16H,15,17-18H2,1-4H3,(H,35,37)(H,40,41). The number of rotatable bonds is 22. The van der Waals surface area contributed by atoms with Crippen LogP contribution in [0.15, 0.2) is 187 Å². The van der Waals surface area contributed by atoms with Crippen molar-refractivity contribution in [3.8, 4) is 45.5 Å². The van der Waals surface area contributed by atoms with Gasteiger partial charge in [-0.3, -0.25) is 28.8 Å². The normalized spacial score (nSPS) is 11.5. The minimum Gasteiger partial charge on any atom is -0.497 e. The molecule has 0 aliphatic rings. The summed E-state index contributed by atoms with van der Waals surface area (Å²) in [5, 5.41) is 18.4. The van der Waals surface area contributed by atoms with Gasteiger partial charge < -0.3 is 49.0 Å². The predicted octanol–water partition coefficient (Wildman–Crippen LogP) is 15.1. The summed E-state index contributed by atoms with van der Waals surface area (Å²) in [4.78, 5) is 96.4. The van der Waals surface area contributed by atoms with Crippen LogP contribution in [0.1, 0.15) is 112 Å². The number of carbonyl (C=O) groups excluding carboxylic acids is 6. The zero-order valence-corrected chi connectivity index (χ0v) is 56.5. The molecule has 9 rings (SSSR count). The molecule has 0 radical (unpaired) electrons. The highest BCUT2D eigenvalue weighted by atomic mass is 19.4. The first-order chi connectivity index (χ1) is 47.6. The van der Waals surface area contributed by atoms with Crippen molar-refractivity contribution in [3.63, 3.8) is 0 Å². The number of hydrogen-bond acceptors (Lipinski definition) is 14. The number of methoxy groups -OCH3 is 2. The van der Waals surface area contributed by atoms with E-state index in [0.29, 0.717) is 28.4 Å². The van der Waals surface area contributed by atoms with E-state index in [0.717, 1.165) is 28.8 Å². The third-order valence-corrected chi connectivity index (χ3v) is 14.9. The van der Waals surface area contributed by atoms with Crippen LogP contribution in [0.25, 0.3) is 34.0 Å². The fourth-order valence-electron chi connectivity index (χ4n) is 10.1. The minimum absolute atomic E-state index is 0.00901. The first-order valence-corrected chi connectivity index (χ1v) is 31.3. The monoisotopic (exact) mass is 1390 g/mol. The van der Waals surface area contributed by atoms with E-state index >= 15 is 0 Å². The number of aromatic nitrogens is 2. The maximum Gasteiger partial charge on any atom is 0.416 e. The van der Waals surface area contributed by atoms with Gasteiger partial charge >= 0.3 is 30.3 Å². The number of aryl methyl sites for hydroxylation is 1. The molecule has 1 heterocycles. The number of carboxylic acids is 1. The molecule has 0 bridgehead atoms. The number of halogens is 6. The van der Waals surface area contributed by atoms with Crippen LogP contribution in [0.3, 0.4) is 0 Å². The first-order valence-electron chi connectivity index (χ1n) is 31.3. The van der Waals surface area contributed by atoms with Gasteiger partial charge in [0.15, 0.2) is 0 Å². The lowest BCUT2D eigenvalue weighted by molar-refractivity contribution is -0.156. The lowest BCUT2D eigenvalue weighted by atomic mass is 10.0. The van der Waals surface area contributed by atoms with E-state index in [4.69, 9.17) is 28.6 Å². The van der Waals surface area contributed by atoms with Gasteiger partial charge in [0.05, 0.1) is 43.8 Å². The van der Waals surface area contributed by atoms with Crippen LogP contribution in [0.5, 0.6) is 11.5 Å². The van der Waals surface area contributed by atoms with Crippen LogP contribution < -0.4 is 20.1 Å². The molecule has 1 aromatic heterocycles. The maximum absolute atomic E-state index is 13.8. The molecule has 9 aromatic rings. The summed E-state index contributed by atoms with van der Waals surface area (Å²) in [6.45, 7) is 11.6. The topological polar surface area (TPSA) is 246 Å². The van der Waals surface area contributed by atoms with Crippen LogP contribution in [-0.2, 0) is 66.9 Å².